The van der Waals surface area contributed by atoms with E-state index in [9.17, 15) is 13.2 Å². The van der Waals surface area contributed by atoms with E-state index in [1.165, 1.54) is 12.1 Å². The van der Waals surface area contributed by atoms with E-state index >= 15 is 0 Å². The summed E-state index contributed by atoms with van der Waals surface area (Å²) in [5.41, 5.74) is 1.60. The number of carbonyl (C=O) groups excluding carboxylic acids is 1. The molecule has 0 saturated carbocycles. The molecule has 0 spiro atoms. The van der Waals surface area contributed by atoms with Crippen LogP contribution in [0.25, 0.3) is 5.69 Å². The molecule has 0 unspecified atom stereocenters. The molecule has 9 nitrogen and oxygen atoms in total. The first-order valence-electron chi connectivity index (χ1n) is 9.42. The van der Waals surface area contributed by atoms with Gasteiger partial charge in [0.15, 0.2) is 0 Å². The molecule has 10 heteroatoms. The Hall–Kier alpha value is -3.08. The van der Waals surface area contributed by atoms with Gasteiger partial charge in [-0.2, -0.15) is 0 Å². The monoisotopic (exact) mass is 427 g/mol. The first-order valence-corrected chi connectivity index (χ1v) is 11.0. The summed E-state index contributed by atoms with van der Waals surface area (Å²) in [5.74, 6) is 0.409. The lowest BCUT2D eigenvalue weighted by molar-refractivity contribution is 0.0295. The van der Waals surface area contributed by atoms with Crippen molar-refractivity contribution in [2.24, 2.45) is 5.14 Å². The van der Waals surface area contributed by atoms with Gasteiger partial charge in [0, 0.05) is 19.5 Å². The van der Waals surface area contributed by atoms with Crippen molar-refractivity contribution in [3.8, 4) is 5.69 Å². The maximum absolute atomic E-state index is 12.9. The van der Waals surface area contributed by atoms with Gasteiger partial charge in [0.1, 0.15) is 5.82 Å². The Morgan fingerprint density at radius 2 is 1.70 bits per heavy atom. The molecule has 4 rings (SSSR count). The topological polar surface area (TPSA) is 120 Å². The van der Waals surface area contributed by atoms with Gasteiger partial charge < -0.3 is 9.64 Å². The highest BCUT2D eigenvalue weighted by Gasteiger charge is 2.24. The maximum Gasteiger partial charge on any atom is 0.293 e. The van der Waals surface area contributed by atoms with E-state index in [1.54, 1.807) is 21.7 Å². The third kappa shape index (κ3) is 4.40. The molecule has 0 aliphatic carbocycles. The van der Waals surface area contributed by atoms with Crippen LogP contribution in [0.2, 0.25) is 0 Å². The fraction of sp³-hybridized carbons (Fsp3) is 0.250. The minimum absolute atomic E-state index is 0.000547. The van der Waals surface area contributed by atoms with Gasteiger partial charge in [-0.05, 0) is 29.8 Å². The van der Waals surface area contributed by atoms with Gasteiger partial charge >= 0.3 is 0 Å². The second-order valence-electron chi connectivity index (χ2n) is 6.87. The molecule has 0 bridgehead atoms. The van der Waals surface area contributed by atoms with Gasteiger partial charge in [0.2, 0.25) is 15.8 Å². The largest absolute Gasteiger partial charge is 0.378 e. The van der Waals surface area contributed by atoms with Crippen LogP contribution < -0.4 is 5.14 Å². The van der Waals surface area contributed by atoms with Gasteiger partial charge in [-0.15, -0.1) is 5.10 Å². The number of nitrogens with two attached hydrogens (primary N) is 1. The first kappa shape index (κ1) is 20.2. The number of rotatable bonds is 5. The lowest BCUT2D eigenvalue weighted by atomic mass is 10.1. The van der Waals surface area contributed by atoms with Crippen LogP contribution in [0, 0.1) is 0 Å². The van der Waals surface area contributed by atoms with Crippen molar-refractivity contribution < 1.29 is 17.9 Å². The summed E-state index contributed by atoms with van der Waals surface area (Å²) in [7, 11) is -3.80. The zero-order valence-corrected chi connectivity index (χ0v) is 17.0. The smallest absolute Gasteiger partial charge is 0.293 e. The zero-order valence-electron chi connectivity index (χ0n) is 16.1. The Balaban J connectivity index is 1.71. The van der Waals surface area contributed by atoms with Gasteiger partial charge in [0.05, 0.1) is 23.8 Å². The molecule has 1 amide bonds. The second kappa shape index (κ2) is 8.34. The maximum atomic E-state index is 12.9. The molecule has 30 heavy (non-hydrogen) atoms. The number of nitrogens with zero attached hydrogens (tertiary/aromatic N) is 4. The van der Waals surface area contributed by atoms with Crippen molar-refractivity contribution in [2.75, 3.05) is 26.3 Å². The van der Waals surface area contributed by atoms with Crippen molar-refractivity contribution in [3.05, 3.63) is 71.8 Å². The molecule has 1 aromatic heterocycles. The van der Waals surface area contributed by atoms with Gasteiger partial charge in [0.25, 0.3) is 5.91 Å². The summed E-state index contributed by atoms with van der Waals surface area (Å²) in [6, 6.07) is 15.7. The average molecular weight is 427 g/mol. The average Bonchev–Trinajstić information content (AvgIpc) is 3.18. The van der Waals surface area contributed by atoms with Crippen molar-refractivity contribution in [1.29, 1.82) is 0 Å². The van der Waals surface area contributed by atoms with Crippen LogP contribution in [-0.4, -0.2) is 60.3 Å². The normalized spacial score (nSPS) is 14.6. The van der Waals surface area contributed by atoms with Gasteiger partial charge in [-0.25, -0.2) is 23.2 Å². The number of aromatic nitrogens is 3. The molecule has 3 aromatic rings. The number of amides is 1. The molecular weight excluding hydrogens is 406 g/mol. The predicted octanol–water partition coefficient (Wildman–Crippen LogP) is 0.978. The molecule has 2 aromatic carbocycles. The predicted molar refractivity (Wildman–Crippen MR) is 109 cm³/mol. The minimum atomic E-state index is -3.80. The third-order valence-corrected chi connectivity index (χ3v) is 5.71. The Labute approximate surface area is 174 Å². The summed E-state index contributed by atoms with van der Waals surface area (Å²) in [6.07, 6.45) is 0.459. The van der Waals surface area contributed by atoms with Gasteiger partial charge in [-0.3, -0.25) is 4.79 Å². The van der Waals surface area contributed by atoms with Crippen LogP contribution in [0.1, 0.15) is 22.0 Å². The summed E-state index contributed by atoms with van der Waals surface area (Å²) < 4.78 is 29.9. The minimum Gasteiger partial charge on any atom is -0.378 e. The van der Waals surface area contributed by atoms with Gasteiger partial charge in [-0.1, -0.05) is 30.3 Å². The van der Waals surface area contributed by atoms with E-state index < -0.39 is 10.0 Å². The SMILES string of the molecule is NS(=O)(=O)c1ccc(-n2nc(C(=O)N3CCOCC3)nc2Cc2ccccc2)cc1. The number of primary sulfonamides is 1. The van der Waals surface area contributed by atoms with Crippen LogP contribution in [-0.2, 0) is 21.2 Å². The van der Waals surface area contributed by atoms with Crippen LogP contribution in [0.15, 0.2) is 59.5 Å². The molecular formula is C20H21N5O4S. The van der Waals surface area contributed by atoms with Crippen LogP contribution >= 0.6 is 0 Å². The Morgan fingerprint density at radius 1 is 1.03 bits per heavy atom. The number of carbonyl (C=O) groups is 1. The number of ether oxygens (including phenoxy) is 1. The van der Waals surface area contributed by atoms with E-state index in [0.29, 0.717) is 44.2 Å². The fourth-order valence-electron chi connectivity index (χ4n) is 3.22. The molecule has 1 saturated heterocycles. The fourth-order valence-corrected chi connectivity index (χ4v) is 3.73. The summed E-state index contributed by atoms with van der Waals surface area (Å²) in [5, 5.41) is 9.62. The number of benzene rings is 2. The Bertz CT molecular complexity index is 1140. The molecule has 2 heterocycles. The lowest BCUT2D eigenvalue weighted by Crippen LogP contribution is -2.41. The summed E-state index contributed by atoms with van der Waals surface area (Å²) >= 11 is 0. The lowest BCUT2D eigenvalue weighted by Gasteiger charge is -2.25. The number of hydrogen-bond donors (Lipinski definition) is 1. The van der Waals surface area contributed by atoms with E-state index in [1.807, 2.05) is 30.3 Å². The van der Waals surface area contributed by atoms with Crippen LogP contribution in [0.4, 0.5) is 0 Å². The zero-order chi connectivity index (χ0) is 21.1. The molecule has 0 atom stereocenters. The van der Waals surface area contributed by atoms with Crippen LogP contribution in [0.3, 0.4) is 0 Å². The molecule has 1 aliphatic rings. The highest BCUT2D eigenvalue weighted by molar-refractivity contribution is 7.89. The van der Waals surface area contributed by atoms with Crippen molar-refractivity contribution in [3.63, 3.8) is 0 Å². The Morgan fingerprint density at radius 3 is 2.33 bits per heavy atom. The standard InChI is InChI=1S/C20H21N5O4S/c21-30(27,28)17-8-6-16(7-9-17)25-18(14-15-4-2-1-3-5-15)22-19(23-25)20(26)24-10-12-29-13-11-24/h1-9H,10-14H2,(H2,21,27,28). The number of morpholine rings is 1. The molecule has 2 N–H and O–H groups in total. The van der Waals surface area contributed by atoms with E-state index in [2.05, 4.69) is 10.1 Å². The van der Waals surface area contributed by atoms with E-state index in [-0.39, 0.29) is 16.6 Å². The highest BCUT2D eigenvalue weighted by Crippen LogP contribution is 2.17. The van der Waals surface area contributed by atoms with E-state index in [4.69, 9.17) is 9.88 Å². The molecule has 1 fully saturated rings. The second-order valence-corrected chi connectivity index (χ2v) is 8.43. The quantitative estimate of drug-likeness (QED) is 0.648. The highest BCUT2D eigenvalue weighted by atomic mass is 32.2. The number of hydrogen-bond acceptors (Lipinski definition) is 6. The van der Waals surface area contributed by atoms with Crippen molar-refractivity contribution in [2.45, 2.75) is 11.3 Å². The first-order chi connectivity index (χ1) is 14.4. The van der Waals surface area contributed by atoms with Crippen molar-refractivity contribution >= 4 is 15.9 Å². The summed E-state index contributed by atoms with van der Waals surface area (Å²) in [6.45, 7) is 1.95. The van der Waals surface area contributed by atoms with E-state index in [0.717, 1.165) is 5.56 Å². The van der Waals surface area contributed by atoms with Crippen molar-refractivity contribution in [1.82, 2.24) is 19.7 Å². The molecule has 0 radical (unpaired) electrons. The third-order valence-electron chi connectivity index (χ3n) is 4.78. The Kier molecular flexibility index (Phi) is 5.62. The summed E-state index contributed by atoms with van der Waals surface area (Å²) in [4.78, 5) is 19.0. The number of sulfonamides is 1. The molecule has 156 valence electrons. The van der Waals surface area contributed by atoms with Crippen LogP contribution in [0.5, 0.6) is 0 Å². The molecule has 1 aliphatic heterocycles.